The molecule has 4 aliphatic rings. The van der Waals surface area contributed by atoms with Crippen LogP contribution in [-0.4, -0.2) is 5.92 Å². The van der Waals surface area contributed by atoms with Gasteiger partial charge < -0.3 is 14.7 Å². The van der Waals surface area contributed by atoms with Crippen molar-refractivity contribution in [3.63, 3.8) is 0 Å². The first-order valence-corrected chi connectivity index (χ1v) is 34.0. The minimum absolute atomic E-state index is 0.210. The van der Waals surface area contributed by atoms with Gasteiger partial charge in [-0.2, -0.15) is 31.6 Å². The number of nitrogens with zero attached hydrogens (tertiary/aromatic N) is 4. The first-order valence-electron chi connectivity index (χ1n) is 34.0. The summed E-state index contributed by atoms with van der Waals surface area (Å²) < 4.78 is 112. The molecule has 0 unspecified atom stereocenters. The van der Waals surface area contributed by atoms with Crippen molar-refractivity contribution < 1.29 is 26.3 Å². The Morgan fingerprint density at radius 1 is 0.248 bits per heavy atom. The summed E-state index contributed by atoms with van der Waals surface area (Å²) >= 11 is 0. The van der Waals surface area contributed by atoms with Crippen LogP contribution in [0.15, 0.2) is 291 Å². The summed E-state index contributed by atoms with van der Waals surface area (Å²) in [5, 5.41) is 12.5. The van der Waals surface area contributed by atoms with E-state index in [9.17, 15) is 5.26 Å². The summed E-state index contributed by atoms with van der Waals surface area (Å²) in [6, 6.07) is 95.8. The molecule has 13 aromatic rings. The molecule has 0 spiro atoms. The summed E-state index contributed by atoms with van der Waals surface area (Å²) in [6.07, 6.45) is 0. The highest BCUT2D eigenvalue weighted by atomic mass is 19.3. The van der Waals surface area contributed by atoms with Crippen molar-refractivity contribution in [1.82, 2.24) is 0 Å². The molecule has 0 atom stereocenters. The lowest BCUT2D eigenvalue weighted by atomic mass is 9.71. The van der Waals surface area contributed by atoms with Crippen molar-refractivity contribution in [3.8, 4) is 72.8 Å². The van der Waals surface area contributed by atoms with Crippen LogP contribution < -0.4 is 14.7 Å². The fourth-order valence-electron chi connectivity index (χ4n) is 16.4. The number of anilines is 9. The second kappa shape index (κ2) is 22.7. The van der Waals surface area contributed by atoms with Crippen molar-refractivity contribution in [2.75, 3.05) is 14.7 Å². The van der Waals surface area contributed by atoms with Gasteiger partial charge in [-0.05, 0) is 173 Å². The predicted octanol–water partition coefficient (Wildman–Crippen LogP) is 25.7. The monoisotopic (exact) mass is 1330 g/mol. The van der Waals surface area contributed by atoms with E-state index in [4.69, 9.17) is 0 Å². The van der Waals surface area contributed by atoms with Crippen molar-refractivity contribution >= 4 is 51.2 Å². The molecule has 492 valence electrons. The van der Waals surface area contributed by atoms with E-state index in [-0.39, 0.29) is 22.7 Å². The highest BCUT2D eigenvalue weighted by Crippen LogP contribution is 2.73. The molecule has 3 aliphatic heterocycles. The predicted molar refractivity (Wildman–Crippen MR) is 397 cm³/mol. The van der Waals surface area contributed by atoms with Crippen molar-refractivity contribution in [2.24, 2.45) is 0 Å². The number of benzene rings is 13. The third-order valence-electron chi connectivity index (χ3n) is 21.7. The van der Waals surface area contributed by atoms with Crippen LogP contribution in [0.4, 0.5) is 77.5 Å². The molecule has 101 heavy (non-hydrogen) atoms. The molecule has 0 amide bonds. The van der Waals surface area contributed by atoms with E-state index in [2.05, 4.69) is 58.0 Å². The third kappa shape index (κ3) is 9.28. The Hall–Kier alpha value is -11.7. The molecule has 0 saturated carbocycles. The average Bonchev–Trinajstić information content (AvgIpc) is 1.57. The summed E-state index contributed by atoms with van der Waals surface area (Å²) in [4.78, 5) is 5.11. The molecular weight excluding hydrogens is 1260 g/mol. The van der Waals surface area contributed by atoms with Crippen LogP contribution in [0.3, 0.4) is 0 Å². The first-order chi connectivity index (χ1) is 48.6. The van der Waals surface area contributed by atoms with Crippen LogP contribution >= 0.6 is 0 Å². The van der Waals surface area contributed by atoms with Crippen molar-refractivity contribution in [1.29, 1.82) is 5.26 Å². The molecule has 0 saturated heterocycles. The van der Waals surface area contributed by atoms with E-state index in [1.54, 1.807) is 21.9 Å². The van der Waals surface area contributed by atoms with Gasteiger partial charge in [0.25, 0.3) is 0 Å². The summed E-state index contributed by atoms with van der Waals surface area (Å²) in [6.45, 7) is 12.5. The molecule has 0 bridgehead atoms. The van der Waals surface area contributed by atoms with E-state index >= 15 is 26.3 Å². The molecule has 0 fully saturated rings. The topological polar surface area (TPSA) is 33.5 Å². The third-order valence-corrected chi connectivity index (χ3v) is 21.7. The van der Waals surface area contributed by atoms with E-state index in [0.717, 1.165) is 66.8 Å². The van der Waals surface area contributed by atoms with Gasteiger partial charge in [0.05, 0.1) is 67.9 Å². The standard InChI is InChI=1S/C91H66F6N4/c1-86(2)69-49-62(56-25-13-7-14-26-56)37-43-75(69)99(76-44-38-63(50-70(76)86)57-27-15-8-16-28-57)83-68(55-98)81-82(90(94,95)91(96,97)89(81,92)93)84(100-77-45-39-64(58-29-17-9-18-30-58)51-71(77)87(3,4)72-52-65(40-46-78(72)100)59-31-19-10-20-32-59)85(83)101-79-47-41-66(60-33-21-11-22-34-60)53-73(79)88(5,6)74-54-67(42-48-80(74)101)61-35-23-12-24-36-61/h7-54H,1-6H3. The lowest BCUT2D eigenvalue weighted by Gasteiger charge is -2.49. The Kier molecular flexibility index (Phi) is 14.1. The van der Waals surface area contributed by atoms with Crippen LogP contribution in [-0.2, 0) is 28.1 Å². The lowest BCUT2D eigenvalue weighted by molar-refractivity contribution is -0.302. The number of hydrogen-bond donors (Lipinski definition) is 0. The van der Waals surface area contributed by atoms with Gasteiger partial charge in [-0.1, -0.05) is 260 Å². The summed E-state index contributed by atoms with van der Waals surface area (Å²) in [7, 11) is 0. The number of halogens is 6. The Labute approximate surface area is 584 Å². The molecule has 3 heterocycles. The van der Waals surface area contributed by atoms with Gasteiger partial charge in [0, 0.05) is 16.2 Å². The fourth-order valence-corrected chi connectivity index (χ4v) is 16.4. The Bertz CT molecular complexity index is 5270. The molecule has 13 aromatic carbocycles. The average molecular weight is 1330 g/mol. The van der Waals surface area contributed by atoms with Gasteiger partial charge in [-0.15, -0.1) is 0 Å². The van der Waals surface area contributed by atoms with Gasteiger partial charge in [-0.3, -0.25) is 0 Å². The number of hydrogen-bond acceptors (Lipinski definition) is 4. The lowest BCUT2D eigenvalue weighted by Crippen LogP contribution is -2.43. The molecule has 0 radical (unpaired) electrons. The Balaban J connectivity index is 1.10. The summed E-state index contributed by atoms with van der Waals surface area (Å²) in [5.74, 6) is -17.4. The first kappa shape index (κ1) is 62.8. The highest BCUT2D eigenvalue weighted by molar-refractivity contribution is 6.10. The molecule has 4 nitrogen and oxygen atoms in total. The van der Waals surface area contributed by atoms with Gasteiger partial charge in [0.15, 0.2) is 0 Å². The Morgan fingerprint density at radius 2 is 0.455 bits per heavy atom. The summed E-state index contributed by atoms with van der Waals surface area (Å²) in [5.41, 5.74) is 7.83. The second-order valence-electron chi connectivity index (χ2n) is 28.5. The van der Waals surface area contributed by atoms with Crippen LogP contribution in [0.25, 0.3) is 66.8 Å². The maximum atomic E-state index is 19.1. The smallest absolute Gasteiger partial charge is 0.307 e. The maximum absolute atomic E-state index is 19.1. The fraction of sp³-hybridized carbons (Fsp3) is 0.132. The van der Waals surface area contributed by atoms with Gasteiger partial charge in [-0.25, -0.2) is 0 Å². The van der Waals surface area contributed by atoms with Gasteiger partial charge >= 0.3 is 17.8 Å². The molecular formula is C91H66F6N4. The SMILES string of the molecule is CC1(C)c2cc(-c3ccccc3)ccc2N(c2c(C#N)c3c(c(N4c5ccc(-c6ccccc6)cc5C(C)(C)c5cc(-c6ccccc6)ccc54)c2N2c4ccc(-c5ccccc5)cc4C(C)(C)c4cc(-c5ccccc5)ccc42)C(F)(F)C(F)(F)C3(F)F)c2ccc(-c3ccccc3)cc21. The zero-order valence-electron chi connectivity index (χ0n) is 56.3. The van der Waals surface area contributed by atoms with E-state index in [1.165, 1.54) is 0 Å². The van der Waals surface area contributed by atoms with Gasteiger partial charge in [0.2, 0.25) is 0 Å². The van der Waals surface area contributed by atoms with Crippen LogP contribution in [0.5, 0.6) is 0 Å². The Morgan fingerprint density at radius 3 is 0.683 bits per heavy atom. The van der Waals surface area contributed by atoms with Crippen LogP contribution in [0.2, 0.25) is 0 Å². The van der Waals surface area contributed by atoms with E-state index < -0.39 is 56.4 Å². The minimum Gasteiger partial charge on any atom is -0.307 e. The molecule has 0 N–H and O–H groups in total. The highest BCUT2D eigenvalue weighted by Gasteiger charge is 2.81. The number of alkyl halides is 6. The van der Waals surface area contributed by atoms with Crippen LogP contribution in [0, 0.1) is 11.3 Å². The largest absolute Gasteiger partial charge is 0.380 e. The number of rotatable bonds is 9. The van der Waals surface area contributed by atoms with Crippen molar-refractivity contribution in [3.05, 3.63) is 341 Å². The van der Waals surface area contributed by atoms with Crippen molar-refractivity contribution in [2.45, 2.75) is 75.6 Å². The maximum Gasteiger partial charge on any atom is 0.380 e. The zero-order chi connectivity index (χ0) is 69.7. The number of nitriles is 1. The second-order valence-corrected chi connectivity index (χ2v) is 28.5. The zero-order valence-corrected chi connectivity index (χ0v) is 56.3. The molecule has 1 aliphatic carbocycles. The van der Waals surface area contributed by atoms with Crippen LogP contribution in [0.1, 0.15) is 91.6 Å². The molecule has 17 rings (SSSR count). The molecule has 0 aromatic heterocycles. The molecule has 10 heteroatoms. The van der Waals surface area contributed by atoms with Gasteiger partial charge in [0.1, 0.15) is 6.07 Å². The number of fused-ring (bicyclic) bond motifs is 7. The van der Waals surface area contributed by atoms with E-state index in [1.807, 2.05) is 274 Å². The normalized spacial score (nSPS) is 16.3. The minimum atomic E-state index is -6.10. The quantitative estimate of drug-likeness (QED) is 0.135. The van der Waals surface area contributed by atoms with E-state index in [0.29, 0.717) is 56.1 Å².